The summed E-state index contributed by atoms with van der Waals surface area (Å²) in [4.78, 5) is 42.9. The lowest BCUT2D eigenvalue weighted by atomic mass is 10.2. The van der Waals surface area contributed by atoms with Crippen LogP contribution in [0, 0.1) is 0 Å². The smallest absolute Gasteiger partial charge is 0.330 e. The molecule has 9 heteroatoms. The standard InChI is InChI=1S/C15H17N5O3S/c16-12-11(13(22)18-14(23)20(12)9-3-4-9)10(21)7-24-15-17-5-6-19(15)8-1-2-8/h5-6,8-9H,1-4,7,16H2,(H,18,22,23). The topological polar surface area (TPSA) is 116 Å². The van der Waals surface area contributed by atoms with Gasteiger partial charge in [0.1, 0.15) is 11.4 Å². The van der Waals surface area contributed by atoms with Crippen LogP contribution in [0.15, 0.2) is 27.1 Å². The first-order valence-electron chi connectivity index (χ1n) is 7.89. The number of anilines is 1. The number of hydrogen-bond donors (Lipinski definition) is 2. The molecule has 0 aliphatic heterocycles. The van der Waals surface area contributed by atoms with Gasteiger partial charge in [-0.2, -0.15) is 0 Å². The van der Waals surface area contributed by atoms with Crippen LogP contribution < -0.4 is 17.0 Å². The van der Waals surface area contributed by atoms with Gasteiger partial charge in [0.2, 0.25) is 0 Å². The average Bonchev–Trinajstić information content (AvgIpc) is 3.45. The maximum Gasteiger partial charge on any atom is 0.330 e. The Hall–Kier alpha value is -2.29. The predicted molar refractivity (Wildman–Crippen MR) is 89.6 cm³/mol. The van der Waals surface area contributed by atoms with Crippen LogP contribution in [0.3, 0.4) is 0 Å². The Bertz CT molecular complexity index is 920. The van der Waals surface area contributed by atoms with Crippen molar-refractivity contribution in [1.29, 1.82) is 0 Å². The van der Waals surface area contributed by atoms with Crippen LogP contribution in [0.25, 0.3) is 0 Å². The first-order valence-corrected chi connectivity index (χ1v) is 8.88. The highest BCUT2D eigenvalue weighted by molar-refractivity contribution is 7.99. The monoisotopic (exact) mass is 347 g/mol. The Kier molecular flexibility index (Phi) is 3.60. The number of carbonyl (C=O) groups is 1. The molecule has 0 amide bonds. The van der Waals surface area contributed by atoms with Gasteiger partial charge in [0, 0.05) is 24.5 Å². The molecule has 0 bridgehead atoms. The zero-order valence-electron chi connectivity index (χ0n) is 12.9. The summed E-state index contributed by atoms with van der Waals surface area (Å²) in [6.45, 7) is 0. The summed E-state index contributed by atoms with van der Waals surface area (Å²) in [5.41, 5.74) is 4.56. The van der Waals surface area contributed by atoms with E-state index in [1.165, 1.54) is 16.3 Å². The van der Waals surface area contributed by atoms with Crippen molar-refractivity contribution in [2.75, 3.05) is 11.5 Å². The van der Waals surface area contributed by atoms with Crippen LogP contribution in [-0.2, 0) is 0 Å². The van der Waals surface area contributed by atoms with Crippen LogP contribution in [0.5, 0.6) is 0 Å². The third kappa shape index (κ3) is 2.68. The van der Waals surface area contributed by atoms with E-state index in [1.807, 2.05) is 6.20 Å². The van der Waals surface area contributed by atoms with Crippen LogP contribution in [0.4, 0.5) is 5.82 Å². The van der Waals surface area contributed by atoms with Gasteiger partial charge in [0.05, 0.1) is 5.75 Å². The Labute approximate surface area is 141 Å². The Morgan fingerprint density at radius 1 is 1.29 bits per heavy atom. The van der Waals surface area contributed by atoms with Gasteiger partial charge in [-0.15, -0.1) is 0 Å². The molecule has 2 heterocycles. The quantitative estimate of drug-likeness (QED) is 0.594. The summed E-state index contributed by atoms with van der Waals surface area (Å²) in [5, 5.41) is 0.761. The van der Waals surface area contributed by atoms with Gasteiger partial charge in [0.25, 0.3) is 5.56 Å². The molecule has 0 unspecified atom stereocenters. The largest absolute Gasteiger partial charge is 0.384 e. The molecule has 3 N–H and O–H groups in total. The number of ketones is 1. The van der Waals surface area contributed by atoms with E-state index >= 15 is 0 Å². The fourth-order valence-corrected chi connectivity index (χ4v) is 3.67. The second kappa shape index (κ2) is 5.66. The molecule has 0 atom stereocenters. The minimum absolute atomic E-state index is 0.0117. The predicted octanol–water partition coefficient (Wildman–Crippen LogP) is 0.960. The van der Waals surface area contributed by atoms with Gasteiger partial charge in [-0.3, -0.25) is 19.1 Å². The summed E-state index contributed by atoms with van der Waals surface area (Å²) >= 11 is 1.28. The molecule has 2 aliphatic rings. The van der Waals surface area contributed by atoms with Gasteiger partial charge in [-0.1, -0.05) is 11.8 Å². The third-order valence-corrected chi connectivity index (χ3v) is 5.26. The van der Waals surface area contributed by atoms with Crippen molar-refractivity contribution in [2.24, 2.45) is 0 Å². The number of rotatable bonds is 6. The van der Waals surface area contributed by atoms with Crippen LogP contribution in [0.2, 0.25) is 0 Å². The van der Waals surface area contributed by atoms with Gasteiger partial charge >= 0.3 is 5.69 Å². The van der Waals surface area contributed by atoms with E-state index in [0.29, 0.717) is 6.04 Å². The number of nitrogens with one attached hydrogen (secondary N) is 1. The second-order valence-corrected chi connectivity index (χ2v) is 7.12. The summed E-state index contributed by atoms with van der Waals surface area (Å²) in [7, 11) is 0. The van der Waals surface area contributed by atoms with E-state index in [2.05, 4.69) is 14.5 Å². The van der Waals surface area contributed by atoms with Crippen molar-refractivity contribution < 1.29 is 4.79 Å². The number of thioether (sulfide) groups is 1. The number of nitrogens with two attached hydrogens (primary N) is 1. The zero-order valence-corrected chi connectivity index (χ0v) is 13.7. The van der Waals surface area contributed by atoms with E-state index in [1.54, 1.807) is 6.20 Å². The molecule has 0 radical (unpaired) electrons. The molecule has 0 saturated heterocycles. The van der Waals surface area contributed by atoms with Gasteiger partial charge in [-0.05, 0) is 25.7 Å². The molecule has 24 heavy (non-hydrogen) atoms. The van der Waals surface area contributed by atoms with E-state index in [-0.39, 0.29) is 23.2 Å². The van der Waals surface area contributed by atoms with E-state index in [4.69, 9.17) is 5.73 Å². The molecular formula is C15H17N5O3S. The number of nitrogen functional groups attached to an aromatic ring is 1. The minimum Gasteiger partial charge on any atom is -0.384 e. The minimum atomic E-state index is -0.717. The Morgan fingerprint density at radius 2 is 2.00 bits per heavy atom. The first kappa shape index (κ1) is 15.3. The highest BCUT2D eigenvalue weighted by Crippen LogP contribution is 2.38. The fraction of sp³-hybridized carbons (Fsp3) is 0.467. The fourth-order valence-electron chi connectivity index (χ4n) is 2.77. The number of carbonyl (C=O) groups excluding carboxylic acids is 1. The van der Waals surface area contributed by atoms with Crippen molar-refractivity contribution in [3.8, 4) is 0 Å². The van der Waals surface area contributed by atoms with Crippen LogP contribution in [-0.4, -0.2) is 30.6 Å². The van der Waals surface area contributed by atoms with Crippen LogP contribution >= 0.6 is 11.8 Å². The number of imidazole rings is 1. The zero-order chi connectivity index (χ0) is 16.8. The molecule has 0 aromatic carbocycles. The summed E-state index contributed by atoms with van der Waals surface area (Å²) in [6.07, 6.45) is 7.51. The summed E-state index contributed by atoms with van der Waals surface area (Å²) in [6, 6.07) is 0.456. The Balaban J connectivity index is 1.58. The molecule has 2 saturated carbocycles. The first-order chi connectivity index (χ1) is 11.6. The summed E-state index contributed by atoms with van der Waals surface area (Å²) < 4.78 is 3.38. The Morgan fingerprint density at radius 3 is 2.67 bits per heavy atom. The van der Waals surface area contributed by atoms with Crippen molar-refractivity contribution in [1.82, 2.24) is 19.1 Å². The molecule has 2 aromatic rings. The molecule has 2 aliphatic carbocycles. The lowest BCUT2D eigenvalue weighted by Crippen LogP contribution is -2.36. The number of nitrogens with zero attached hydrogens (tertiary/aromatic N) is 3. The maximum absolute atomic E-state index is 12.5. The highest BCUT2D eigenvalue weighted by atomic mass is 32.2. The normalized spacial score (nSPS) is 17.2. The molecule has 2 aromatic heterocycles. The van der Waals surface area contributed by atoms with Gasteiger partial charge in [0.15, 0.2) is 10.9 Å². The van der Waals surface area contributed by atoms with Crippen LogP contribution in [0.1, 0.15) is 48.1 Å². The lowest BCUT2D eigenvalue weighted by Gasteiger charge is -2.11. The van der Waals surface area contributed by atoms with Crippen molar-refractivity contribution >= 4 is 23.4 Å². The third-order valence-electron chi connectivity index (χ3n) is 4.28. The lowest BCUT2D eigenvalue weighted by molar-refractivity contribution is 0.102. The van der Waals surface area contributed by atoms with Crippen molar-refractivity contribution in [3.63, 3.8) is 0 Å². The van der Waals surface area contributed by atoms with E-state index in [9.17, 15) is 14.4 Å². The molecule has 8 nitrogen and oxygen atoms in total. The molecular weight excluding hydrogens is 330 g/mol. The van der Waals surface area contributed by atoms with Crippen molar-refractivity contribution in [2.45, 2.75) is 42.9 Å². The van der Waals surface area contributed by atoms with Crippen molar-refractivity contribution in [3.05, 3.63) is 38.8 Å². The second-order valence-electron chi connectivity index (χ2n) is 6.18. The van der Waals surface area contributed by atoms with E-state index in [0.717, 1.165) is 30.8 Å². The number of Topliss-reactive ketones (excluding diaryl/α,β-unsaturated/α-hetero) is 1. The molecule has 0 spiro atoms. The SMILES string of the molecule is Nc1c(C(=O)CSc2nccn2C2CC2)c(=O)[nH]c(=O)n1C1CC1. The number of aromatic nitrogens is 4. The number of H-pyrrole nitrogens is 1. The number of aromatic amines is 1. The van der Waals surface area contributed by atoms with E-state index < -0.39 is 17.0 Å². The number of hydrogen-bond acceptors (Lipinski definition) is 6. The highest BCUT2D eigenvalue weighted by Gasteiger charge is 2.30. The molecule has 2 fully saturated rings. The van der Waals surface area contributed by atoms with Gasteiger partial charge < -0.3 is 10.3 Å². The average molecular weight is 347 g/mol. The molecule has 126 valence electrons. The summed E-state index contributed by atoms with van der Waals surface area (Å²) in [5.74, 6) is -0.360. The molecule has 4 rings (SSSR count). The van der Waals surface area contributed by atoms with Gasteiger partial charge in [-0.25, -0.2) is 9.78 Å². The maximum atomic E-state index is 12.5.